The molecule has 0 aliphatic heterocycles. The van der Waals surface area contributed by atoms with E-state index in [0.717, 1.165) is 22.3 Å². The van der Waals surface area contributed by atoms with Crippen molar-refractivity contribution < 1.29 is 4.79 Å². The van der Waals surface area contributed by atoms with Gasteiger partial charge in [-0.15, -0.1) is 0 Å². The van der Waals surface area contributed by atoms with E-state index >= 15 is 0 Å². The quantitative estimate of drug-likeness (QED) is 0.655. The first kappa shape index (κ1) is 10.6. The Morgan fingerprint density at radius 1 is 1.28 bits per heavy atom. The maximum atomic E-state index is 11.8. The number of amides is 1. The fourth-order valence-electron chi connectivity index (χ4n) is 1.89. The molecule has 0 saturated heterocycles. The summed E-state index contributed by atoms with van der Waals surface area (Å²) >= 11 is 0. The van der Waals surface area contributed by atoms with Crippen molar-refractivity contribution in [2.75, 3.05) is 5.32 Å². The molecule has 3 rings (SSSR count). The lowest BCUT2D eigenvalue weighted by molar-refractivity contribution is -0.115. The molecule has 0 radical (unpaired) electrons. The van der Waals surface area contributed by atoms with Crippen LogP contribution in [0.4, 0.5) is 5.69 Å². The first-order valence-corrected chi connectivity index (χ1v) is 5.65. The van der Waals surface area contributed by atoms with Crippen LogP contribution < -0.4 is 5.32 Å². The number of H-pyrrole nitrogens is 2. The van der Waals surface area contributed by atoms with Crippen molar-refractivity contribution in [1.82, 2.24) is 15.0 Å². The number of aromatic amines is 2. The molecular formula is C13H12N4O. The molecule has 0 bridgehead atoms. The minimum atomic E-state index is -0.0647. The zero-order valence-corrected chi connectivity index (χ0v) is 9.60. The van der Waals surface area contributed by atoms with Crippen molar-refractivity contribution in [2.45, 2.75) is 6.42 Å². The zero-order chi connectivity index (χ0) is 12.4. The van der Waals surface area contributed by atoms with Gasteiger partial charge in [0.15, 0.2) is 0 Å². The number of aromatic nitrogens is 3. The molecule has 3 N–H and O–H groups in total. The van der Waals surface area contributed by atoms with Gasteiger partial charge in [0.05, 0.1) is 12.7 Å². The van der Waals surface area contributed by atoms with Gasteiger partial charge in [-0.1, -0.05) is 6.07 Å². The SMILES string of the molecule is O=C(Cc1cnc[nH]1)Nc1ccc2cc[nH]c2c1. The number of hydrogen-bond acceptors (Lipinski definition) is 2. The standard InChI is InChI=1S/C13H12N4O/c18-13(6-11-7-14-8-16-11)17-10-2-1-9-3-4-15-12(9)5-10/h1-5,7-8,15H,6H2,(H,14,16)(H,17,18). The Bertz CT molecular complexity index is 669. The molecule has 0 aliphatic rings. The maximum Gasteiger partial charge on any atom is 0.230 e. The average Bonchev–Trinajstić information content (AvgIpc) is 2.98. The molecule has 0 saturated carbocycles. The van der Waals surface area contributed by atoms with Gasteiger partial charge < -0.3 is 15.3 Å². The smallest absolute Gasteiger partial charge is 0.230 e. The van der Waals surface area contributed by atoms with Crippen LogP contribution in [0, 0.1) is 0 Å². The second-order valence-corrected chi connectivity index (χ2v) is 4.08. The molecular weight excluding hydrogens is 228 g/mol. The van der Waals surface area contributed by atoms with Crippen LogP contribution in [0.15, 0.2) is 43.0 Å². The van der Waals surface area contributed by atoms with Crippen molar-refractivity contribution in [3.8, 4) is 0 Å². The highest BCUT2D eigenvalue weighted by Crippen LogP contribution is 2.17. The highest BCUT2D eigenvalue weighted by Gasteiger charge is 2.05. The van der Waals surface area contributed by atoms with Crippen LogP contribution in [0.5, 0.6) is 0 Å². The predicted octanol–water partition coefficient (Wildman–Crippen LogP) is 2.07. The summed E-state index contributed by atoms with van der Waals surface area (Å²) in [5, 5.41) is 3.98. The van der Waals surface area contributed by atoms with Gasteiger partial charge in [-0.2, -0.15) is 0 Å². The van der Waals surface area contributed by atoms with Gasteiger partial charge in [0.25, 0.3) is 0 Å². The normalized spacial score (nSPS) is 10.7. The molecule has 0 fully saturated rings. The summed E-state index contributed by atoms with van der Waals surface area (Å²) in [5.74, 6) is -0.0647. The van der Waals surface area contributed by atoms with Crippen LogP contribution in [-0.2, 0) is 11.2 Å². The lowest BCUT2D eigenvalue weighted by atomic mass is 10.2. The van der Waals surface area contributed by atoms with Crippen LogP contribution >= 0.6 is 0 Å². The molecule has 0 aliphatic carbocycles. The minimum Gasteiger partial charge on any atom is -0.361 e. The average molecular weight is 240 g/mol. The summed E-state index contributed by atoms with van der Waals surface area (Å²) in [4.78, 5) is 21.7. The molecule has 1 aromatic carbocycles. The van der Waals surface area contributed by atoms with Crippen molar-refractivity contribution in [1.29, 1.82) is 0 Å². The number of hydrogen-bond donors (Lipinski definition) is 3. The van der Waals surface area contributed by atoms with Crippen LogP contribution in [0.1, 0.15) is 5.69 Å². The van der Waals surface area contributed by atoms with E-state index in [4.69, 9.17) is 0 Å². The van der Waals surface area contributed by atoms with E-state index in [2.05, 4.69) is 20.3 Å². The Hall–Kier alpha value is -2.56. The van der Waals surface area contributed by atoms with Crippen LogP contribution in [-0.4, -0.2) is 20.9 Å². The number of benzene rings is 1. The Labute approximate surface area is 103 Å². The second-order valence-electron chi connectivity index (χ2n) is 4.08. The van der Waals surface area contributed by atoms with Gasteiger partial charge in [0.1, 0.15) is 0 Å². The van der Waals surface area contributed by atoms with Gasteiger partial charge in [0, 0.05) is 29.3 Å². The molecule has 18 heavy (non-hydrogen) atoms. The molecule has 5 heteroatoms. The third-order valence-corrected chi connectivity index (χ3v) is 2.74. The fraction of sp³-hybridized carbons (Fsp3) is 0.0769. The van der Waals surface area contributed by atoms with E-state index in [-0.39, 0.29) is 5.91 Å². The summed E-state index contributed by atoms with van der Waals surface area (Å²) in [5.41, 5.74) is 2.59. The summed E-state index contributed by atoms with van der Waals surface area (Å²) < 4.78 is 0. The second kappa shape index (κ2) is 4.37. The number of anilines is 1. The van der Waals surface area contributed by atoms with Gasteiger partial charge in [0.2, 0.25) is 5.91 Å². The van der Waals surface area contributed by atoms with Crippen molar-refractivity contribution in [3.05, 3.63) is 48.7 Å². The summed E-state index contributed by atoms with van der Waals surface area (Å²) in [6.45, 7) is 0. The molecule has 2 aromatic heterocycles. The largest absolute Gasteiger partial charge is 0.361 e. The summed E-state index contributed by atoms with van der Waals surface area (Å²) in [7, 11) is 0. The maximum absolute atomic E-state index is 11.8. The first-order chi connectivity index (χ1) is 8.81. The Morgan fingerprint density at radius 3 is 3.06 bits per heavy atom. The van der Waals surface area contributed by atoms with E-state index in [0.29, 0.717) is 6.42 Å². The van der Waals surface area contributed by atoms with E-state index in [9.17, 15) is 4.79 Å². The zero-order valence-electron chi connectivity index (χ0n) is 9.60. The summed E-state index contributed by atoms with van der Waals surface area (Å²) in [6.07, 6.45) is 5.38. The lowest BCUT2D eigenvalue weighted by Gasteiger charge is -2.04. The Balaban J connectivity index is 1.73. The number of nitrogens with one attached hydrogen (secondary N) is 3. The van der Waals surface area contributed by atoms with Crippen LogP contribution in [0.25, 0.3) is 10.9 Å². The Kier molecular flexibility index (Phi) is 2.57. The van der Waals surface area contributed by atoms with Crippen molar-refractivity contribution in [2.24, 2.45) is 0 Å². The minimum absolute atomic E-state index is 0.0647. The molecule has 90 valence electrons. The molecule has 2 heterocycles. The number of fused-ring (bicyclic) bond motifs is 1. The number of rotatable bonds is 3. The topological polar surface area (TPSA) is 73.6 Å². The number of imidazole rings is 1. The number of nitrogens with zero attached hydrogens (tertiary/aromatic N) is 1. The van der Waals surface area contributed by atoms with Gasteiger partial charge in [-0.3, -0.25) is 4.79 Å². The number of carbonyl (C=O) groups is 1. The van der Waals surface area contributed by atoms with E-state index in [1.807, 2.05) is 30.5 Å². The molecule has 5 nitrogen and oxygen atoms in total. The fourth-order valence-corrected chi connectivity index (χ4v) is 1.89. The van der Waals surface area contributed by atoms with Crippen LogP contribution in [0.3, 0.4) is 0 Å². The van der Waals surface area contributed by atoms with Gasteiger partial charge >= 0.3 is 0 Å². The van der Waals surface area contributed by atoms with Gasteiger partial charge in [-0.05, 0) is 23.6 Å². The summed E-state index contributed by atoms with van der Waals surface area (Å²) in [6, 6.07) is 7.77. The van der Waals surface area contributed by atoms with Crippen LogP contribution in [0.2, 0.25) is 0 Å². The third kappa shape index (κ3) is 2.10. The van der Waals surface area contributed by atoms with E-state index < -0.39 is 0 Å². The molecule has 1 amide bonds. The predicted molar refractivity (Wildman–Crippen MR) is 69.2 cm³/mol. The van der Waals surface area contributed by atoms with Gasteiger partial charge in [-0.25, -0.2) is 4.98 Å². The van der Waals surface area contributed by atoms with E-state index in [1.54, 1.807) is 12.5 Å². The monoisotopic (exact) mass is 240 g/mol. The first-order valence-electron chi connectivity index (χ1n) is 5.65. The lowest BCUT2D eigenvalue weighted by Crippen LogP contribution is -2.14. The van der Waals surface area contributed by atoms with Crippen molar-refractivity contribution in [3.63, 3.8) is 0 Å². The molecule has 3 aromatic rings. The highest BCUT2D eigenvalue weighted by atomic mass is 16.1. The third-order valence-electron chi connectivity index (χ3n) is 2.74. The van der Waals surface area contributed by atoms with Crippen molar-refractivity contribution >= 4 is 22.5 Å². The highest BCUT2D eigenvalue weighted by molar-refractivity contribution is 5.94. The van der Waals surface area contributed by atoms with E-state index in [1.165, 1.54) is 0 Å². The molecule has 0 unspecified atom stereocenters. The number of carbonyl (C=O) groups excluding carboxylic acids is 1. The molecule has 0 spiro atoms. The molecule has 0 atom stereocenters. The Morgan fingerprint density at radius 2 is 2.22 bits per heavy atom.